The Morgan fingerprint density at radius 3 is 2.97 bits per heavy atom. The zero-order chi connectivity index (χ0) is 20.0. The molecule has 1 saturated heterocycles. The zero-order valence-corrected chi connectivity index (χ0v) is 17.3. The lowest BCUT2D eigenvalue weighted by molar-refractivity contribution is -0.115. The minimum Gasteiger partial charge on any atom is -0.327 e. The molecule has 1 amide bonds. The van der Waals surface area contributed by atoms with E-state index in [0.717, 1.165) is 54.7 Å². The van der Waals surface area contributed by atoms with E-state index in [0.29, 0.717) is 12.0 Å². The summed E-state index contributed by atoms with van der Waals surface area (Å²) >= 11 is 0. The van der Waals surface area contributed by atoms with Gasteiger partial charge in [-0.2, -0.15) is 0 Å². The highest BCUT2D eigenvalue weighted by molar-refractivity contribution is 5.97. The Kier molecular flexibility index (Phi) is 4.58. The van der Waals surface area contributed by atoms with Crippen molar-refractivity contribution >= 4 is 11.7 Å². The van der Waals surface area contributed by atoms with Crippen molar-refractivity contribution in [1.29, 1.82) is 0 Å². The minimum absolute atomic E-state index is 0.0462. The summed E-state index contributed by atoms with van der Waals surface area (Å²) in [6, 6.07) is 0.360. The van der Waals surface area contributed by atoms with Gasteiger partial charge in [0.1, 0.15) is 5.84 Å². The van der Waals surface area contributed by atoms with Gasteiger partial charge in [0.2, 0.25) is 5.91 Å². The first-order valence-electron chi connectivity index (χ1n) is 10.9. The second-order valence-corrected chi connectivity index (χ2v) is 9.16. The third-order valence-electron chi connectivity index (χ3n) is 7.21. The molecule has 0 saturated carbocycles. The molecule has 4 aliphatic heterocycles. The van der Waals surface area contributed by atoms with Crippen molar-refractivity contribution in [3.05, 3.63) is 59.6 Å². The van der Waals surface area contributed by atoms with Crippen LogP contribution in [0.5, 0.6) is 0 Å². The molecule has 1 aliphatic carbocycles. The van der Waals surface area contributed by atoms with Gasteiger partial charge in [-0.3, -0.25) is 4.79 Å². The van der Waals surface area contributed by atoms with Crippen molar-refractivity contribution in [3.63, 3.8) is 0 Å². The molecule has 5 aliphatic rings. The Bertz CT molecular complexity index is 904. The first-order chi connectivity index (χ1) is 14.1. The Morgan fingerprint density at radius 2 is 2.17 bits per heavy atom. The highest BCUT2D eigenvalue weighted by atomic mass is 16.1. The SMILES string of the molecule is CC(C)C1CCNC(C2(C3=NC=C4C=CC(=O)NC5=C4N3CC5)C=CC=CC2)C1. The van der Waals surface area contributed by atoms with Gasteiger partial charge in [-0.25, -0.2) is 4.99 Å². The number of carbonyl (C=O) groups excluding carboxylic acids is 1. The maximum Gasteiger partial charge on any atom is 0.248 e. The number of nitrogens with one attached hydrogen (secondary N) is 2. The Labute approximate surface area is 173 Å². The summed E-state index contributed by atoms with van der Waals surface area (Å²) in [7, 11) is 0. The van der Waals surface area contributed by atoms with Crippen LogP contribution in [0.2, 0.25) is 0 Å². The van der Waals surface area contributed by atoms with Crippen LogP contribution in [0.1, 0.15) is 39.5 Å². The molecule has 4 heterocycles. The predicted molar refractivity (Wildman–Crippen MR) is 116 cm³/mol. The molecule has 3 atom stereocenters. The Hall–Kier alpha value is -2.40. The lowest BCUT2D eigenvalue weighted by atomic mass is 9.67. The van der Waals surface area contributed by atoms with Crippen LogP contribution in [-0.4, -0.2) is 35.8 Å². The number of rotatable bonds is 3. The number of hydrogen-bond donors (Lipinski definition) is 2. The molecular weight excluding hydrogens is 360 g/mol. The summed E-state index contributed by atoms with van der Waals surface area (Å²) in [6.45, 7) is 6.63. The van der Waals surface area contributed by atoms with Gasteiger partial charge in [-0.15, -0.1) is 0 Å². The maximum absolute atomic E-state index is 12.1. The van der Waals surface area contributed by atoms with E-state index in [1.54, 1.807) is 6.08 Å². The van der Waals surface area contributed by atoms with Crippen LogP contribution < -0.4 is 10.6 Å². The average molecular weight is 391 g/mol. The van der Waals surface area contributed by atoms with Crippen LogP contribution >= 0.6 is 0 Å². The van der Waals surface area contributed by atoms with Crippen molar-refractivity contribution in [2.45, 2.75) is 45.6 Å². The number of piperidine rings is 1. The number of carbonyl (C=O) groups is 1. The van der Waals surface area contributed by atoms with Gasteiger partial charge >= 0.3 is 0 Å². The van der Waals surface area contributed by atoms with Gasteiger partial charge < -0.3 is 15.5 Å². The molecule has 5 heteroatoms. The van der Waals surface area contributed by atoms with Crippen molar-refractivity contribution in [1.82, 2.24) is 15.5 Å². The van der Waals surface area contributed by atoms with E-state index in [9.17, 15) is 4.79 Å². The number of nitrogens with zero attached hydrogens (tertiary/aromatic N) is 2. The van der Waals surface area contributed by atoms with Crippen LogP contribution in [0, 0.1) is 17.3 Å². The van der Waals surface area contributed by atoms with Crippen LogP contribution in [0.25, 0.3) is 0 Å². The molecule has 0 bridgehead atoms. The van der Waals surface area contributed by atoms with Crippen LogP contribution in [0.15, 0.2) is 64.6 Å². The van der Waals surface area contributed by atoms with Gasteiger partial charge in [0.25, 0.3) is 0 Å². The Morgan fingerprint density at radius 1 is 1.28 bits per heavy atom. The molecule has 5 rings (SSSR count). The van der Waals surface area contributed by atoms with Gasteiger partial charge in [-0.05, 0) is 43.7 Å². The van der Waals surface area contributed by atoms with E-state index in [-0.39, 0.29) is 11.3 Å². The molecule has 0 aromatic heterocycles. The van der Waals surface area contributed by atoms with E-state index in [1.165, 1.54) is 12.8 Å². The summed E-state index contributed by atoms with van der Waals surface area (Å²) in [5.41, 5.74) is 3.03. The van der Waals surface area contributed by atoms with E-state index in [4.69, 9.17) is 4.99 Å². The number of allylic oxidation sites excluding steroid dienone is 4. The topological polar surface area (TPSA) is 56.7 Å². The van der Waals surface area contributed by atoms with Crippen LogP contribution in [0.4, 0.5) is 0 Å². The van der Waals surface area contributed by atoms with Gasteiger partial charge in [-0.1, -0.05) is 38.2 Å². The highest BCUT2D eigenvalue weighted by Gasteiger charge is 2.48. The van der Waals surface area contributed by atoms with Crippen molar-refractivity contribution in [3.8, 4) is 0 Å². The largest absolute Gasteiger partial charge is 0.327 e. The highest BCUT2D eigenvalue weighted by Crippen LogP contribution is 2.45. The molecular formula is C24H30N4O. The molecule has 0 aromatic rings. The number of amides is 1. The fraction of sp³-hybridized carbons (Fsp3) is 0.500. The second kappa shape index (κ2) is 7.13. The summed E-state index contributed by atoms with van der Waals surface area (Å²) in [6.07, 6.45) is 18.7. The standard InChI is InChI=1S/C24H30N4O/c1-16(2)17-8-12-25-20(14-17)24(10-4-3-5-11-24)23-26-15-18-6-7-21(29)27-19-9-13-28(23)22(18)19/h3-7,10,15-17,20,25H,8-9,11-14H2,1-2H3,(H,27,29). The second-order valence-electron chi connectivity index (χ2n) is 9.16. The quantitative estimate of drug-likeness (QED) is 0.776. The third kappa shape index (κ3) is 3.03. The van der Waals surface area contributed by atoms with E-state index < -0.39 is 0 Å². The first-order valence-corrected chi connectivity index (χ1v) is 10.9. The smallest absolute Gasteiger partial charge is 0.248 e. The molecule has 2 N–H and O–H groups in total. The Balaban J connectivity index is 1.57. The molecule has 29 heavy (non-hydrogen) atoms. The van der Waals surface area contributed by atoms with Crippen LogP contribution in [0.3, 0.4) is 0 Å². The number of hydrogen-bond acceptors (Lipinski definition) is 4. The third-order valence-corrected chi connectivity index (χ3v) is 7.21. The lowest BCUT2D eigenvalue weighted by Crippen LogP contribution is -2.57. The van der Waals surface area contributed by atoms with E-state index in [2.05, 4.69) is 53.7 Å². The molecule has 152 valence electrons. The normalized spacial score (nSPS) is 33.5. The lowest BCUT2D eigenvalue weighted by Gasteiger charge is -2.48. The minimum atomic E-state index is -0.160. The van der Waals surface area contributed by atoms with Crippen LogP contribution in [-0.2, 0) is 4.79 Å². The average Bonchev–Trinajstić information content (AvgIpc) is 3.08. The summed E-state index contributed by atoms with van der Waals surface area (Å²) < 4.78 is 0. The van der Waals surface area contributed by atoms with Gasteiger partial charge in [0.05, 0.1) is 11.1 Å². The van der Waals surface area contributed by atoms with Crippen molar-refractivity contribution < 1.29 is 4.79 Å². The summed E-state index contributed by atoms with van der Waals surface area (Å²) in [4.78, 5) is 19.5. The van der Waals surface area contributed by atoms with Gasteiger partial charge in [0.15, 0.2) is 0 Å². The number of aliphatic imine (C=N–C) groups is 1. The molecule has 3 unspecified atom stereocenters. The molecule has 0 spiro atoms. The molecule has 5 nitrogen and oxygen atoms in total. The van der Waals surface area contributed by atoms with Crippen molar-refractivity contribution in [2.24, 2.45) is 22.2 Å². The van der Waals surface area contributed by atoms with Crippen molar-refractivity contribution in [2.75, 3.05) is 13.1 Å². The molecule has 0 aromatic carbocycles. The van der Waals surface area contributed by atoms with E-state index >= 15 is 0 Å². The summed E-state index contributed by atoms with van der Waals surface area (Å²) in [5.74, 6) is 2.51. The zero-order valence-electron chi connectivity index (χ0n) is 17.3. The molecule has 0 radical (unpaired) electrons. The maximum atomic E-state index is 12.1. The summed E-state index contributed by atoms with van der Waals surface area (Å²) in [5, 5.41) is 6.92. The fourth-order valence-electron chi connectivity index (χ4n) is 5.55. The van der Waals surface area contributed by atoms with E-state index in [1.807, 2.05) is 12.3 Å². The number of amidine groups is 1. The predicted octanol–water partition coefficient (Wildman–Crippen LogP) is 3.41. The van der Waals surface area contributed by atoms with Gasteiger partial charge in [0, 0.05) is 42.6 Å². The fourth-order valence-corrected chi connectivity index (χ4v) is 5.55. The first kappa shape index (κ1) is 18.6. The monoisotopic (exact) mass is 390 g/mol. The molecule has 1 fully saturated rings.